The molecule has 0 saturated carbocycles. The number of rotatable bonds is 6. The molecule has 2 heterocycles. The van der Waals surface area contributed by atoms with E-state index in [1.54, 1.807) is 24.4 Å². The van der Waals surface area contributed by atoms with Gasteiger partial charge in [0.2, 0.25) is 0 Å². The van der Waals surface area contributed by atoms with Gasteiger partial charge in [-0.15, -0.1) is 0 Å². The first kappa shape index (κ1) is 26.3. The molecule has 192 valence electrons. The van der Waals surface area contributed by atoms with Crippen LogP contribution in [0.25, 0.3) is 22.4 Å². The molecule has 0 aliphatic carbocycles. The Labute approximate surface area is 213 Å². The molecule has 0 spiro atoms. The van der Waals surface area contributed by atoms with Crippen molar-refractivity contribution in [3.63, 3.8) is 0 Å². The van der Waals surface area contributed by atoms with Gasteiger partial charge in [0, 0.05) is 48.6 Å². The van der Waals surface area contributed by atoms with E-state index in [9.17, 15) is 23.2 Å². The van der Waals surface area contributed by atoms with Crippen molar-refractivity contribution >= 4 is 5.91 Å². The van der Waals surface area contributed by atoms with Gasteiger partial charge < -0.3 is 10.1 Å². The number of aryl methyl sites for hydroxylation is 1. The van der Waals surface area contributed by atoms with Crippen LogP contribution in [-0.4, -0.2) is 54.7 Å². The molecule has 1 aliphatic heterocycles. The maximum atomic E-state index is 13.5. The van der Waals surface area contributed by atoms with Crippen LogP contribution in [0.5, 0.6) is 0 Å². The number of carbonyl (C=O) groups is 1. The molecule has 1 fully saturated rings. The van der Waals surface area contributed by atoms with Crippen molar-refractivity contribution in [2.75, 3.05) is 32.8 Å². The van der Waals surface area contributed by atoms with Gasteiger partial charge in [-0.25, -0.2) is 0 Å². The monoisotopic (exact) mass is 508 g/mol. The number of halogens is 3. The lowest BCUT2D eigenvalue weighted by molar-refractivity contribution is -0.137. The van der Waals surface area contributed by atoms with Gasteiger partial charge in [-0.3, -0.25) is 14.7 Å². The van der Waals surface area contributed by atoms with Crippen LogP contribution in [0.1, 0.15) is 34.0 Å². The number of aromatic nitrogens is 1. The maximum absolute atomic E-state index is 13.5. The van der Waals surface area contributed by atoms with Crippen molar-refractivity contribution < 1.29 is 22.7 Å². The standard InChI is InChI=1S/C28H27F3N4O2/c1-18-3-6-26(33-16-18)22-11-21(25-14-24(28(29,30)31)5-4-20(25)15-32)12-23(13-22)27(36)34-19(2)17-35-7-9-37-10-8-35/h3-6,11-14,16,19H,7-10,17H2,1-2H3,(H,34,36). The smallest absolute Gasteiger partial charge is 0.379 e. The zero-order valence-electron chi connectivity index (χ0n) is 20.6. The Bertz CT molecular complexity index is 1310. The van der Waals surface area contributed by atoms with Gasteiger partial charge in [0.1, 0.15) is 0 Å². The summed E-state index contributed by atoms with van der Waals surface area (Å²) < 4.78 is 45.8. The first-order chi connectivity index (χ1) is 17.6. The highest BCUT2D eigenvalue weighted by Gasteiger charge is 2.31. The van der Waals surface area contributed by atoms with E-state index in [0.717, 1.165) is 36.9 Å². The molecule has 1 N–H and O–H groups in total. The average Bonchev–Trinajstić information content (AvgIpc) is 2.88. The Kier molecular flexibility index (Phi) is 7.91. The van der Waals surface area contributed by atoms with E-state index in [1.165, 1.54) is 6.07 Å². The summed E-state index contributed by atoms with van der Waals surface area (Å²) in [5.41, 5.74) is 1.97. The predicted octanol–water partition coefficient (Wildman–Crippen LogP) is 5.07. The topological polar surface area (TPSA) is 78.3 Å². The third-order valence-corrected chi connectivity index (χ3v) is 6.19. The summed E-state index contributed by atoms with van der Waals surface area (Å²) in [7, 11) is 0. The number of nitrogens with zero attached hydrogens (tertiary/aromatic N) is 3. The summed E-state index contributed by atoms with van der Waals surface area (Å²) in [6.07, 6.45) is -2.90. The van der Waals surface area contributed by atoms with Crippen LogP contribution in [-0.2, 0) is 10.9 Å². The van der Waals surface area contributed by atoms with Crippen LogP contribution < -0.4 is 5.32 Å². The number of nitriles is 1. The second kappa shape index (κ2) is 11.1. The first-order valence-corrected chi connectivity index (χ1v) is 11.9. The number of alkyl halides is 3. The summed E-state index contributed by atoms with van der Waals surface area (Å²) >= 11 is 0. The van der Waals surface area contributed by atoms with Crippen LogP contribution >= 0.6 is 0 Å². The van der Waals surface area contributed by atoms with Gasteiger partial charge in [-0.2, -0.15) is 18.4 Å². The van der Waals surface area contributed by atoms with E-state index < -0.39 is 11.7 Å². The lowest BCUT2D eigenvalue weighted by atomic mass is 9.93. The van der Waals surface area contributed by atoms with Crippen LogP contribution in [0.3, 0.4) is 0 Å². The minimum Gasteiger partial charge on any atom is -0.379 e. The van der Waals surface area contributed by atoms with Crippen LogP contribution in [0, 0.1) is 18.3 Å². The van der Waals surface area contributed by atoms with Crippen molar-refractivity contribution in [3.05, 3.63) is 77.0 Å². The molecule has 1 atom stereocenters. The molecule has 37 heavy (non-hydrogen) atoms. The molecule has 1 unspecified atom stereocenters. The summed E-state index contributed by atoms with van der Waals surface area (Å²) in [5.74, 6) is -0.360. The van der Waals surface area contributed by atoms with Crippen molar-refractivity contribution in [1.82, 2.24) is 15.2 Å². The molecule has 3 aromatic rings. The van der Waals surface area contributed by atoms with Crippen LogP contribution in [0.4, 0.5) is 13.2 Å². The summed E-state index contributed by atoms with van der Waals surface area (Å²) in [5, 5.41) is 12.6. The lowest BCUT2D eigenvalue weighted by Crippen LogP contribution is -2.46. The number of hydrogen-bond acceptors (Lipinski definition) is 5. The highest BCUT2D eigenvalue weighted by atomic mass is 19.4. The molecule has 6 nitrogen and oxygen atoms in total. The number of hydrogen-bond donors (Lipinski definition) is 1. The Morgan fingerprint density at radius 2 is 1.86 bits per heavy atom. The van der Waals surface area contributed by atoms with E-state index in [-0.39, 0.29) is 28.6 Å². The van der Waals surface area contributed by atoms with Crippen molar-refractivity contribution in [2.45, 2.75) is 26.1 Å². The van der Waals surface area contributed by atoms with Gasteiger partial charge >= 0.3 is 6.18 Å². The second-order valence-corrected chi connectivity index (χ2v) is 9.18. The SMILES string of the molecule is Cc1ccc(-c2cc(C(=O)NC(C)CN3CCOCC3)cc(-c3cc(C(F)(F)F)ccc3C#N)c2)nc1. The van der Waals surface area contributed by atoms with E-state index in [1.807, 2.05) is 26.0 Å². The highest BCUT2D eigenvalue weighted by Crippen LogP contribution is 2.35. The summed E-state index contributed by atoms with van der Waals surface area (Å²) in [6, 6.07) is 13.3. The number of amides is 1. The first-order valence-electron chi connectivity index (χ1n) is 11.9. The number of ether oxygens (including phenoxy) is 1. The van der Waals surface area contributed by atoms with Gasteiger partial charge in [-0.1, -0.05) is 6.07 Å². The molecule has 1 amide bonds. The quantitative estimate of drug-likeness (QED) is 0.503. The van der Waals surface area contributed by atoms with Gasteiger partial charge in [0.05, 0.1) is 36.1 Å². The zero-order chi connectivity index (χ0) is 26.6. The molecule has 1 aliphatic rings. The van der Waals surface area contributed by atoms with Crippen LogP contribution in [0.15, 0.2) is 54.7 Å². The van der Waals surface area contributed by atoms with Crippen molar-refractivity contribution in [3.8, 4) is 28.5 Å². The zero-order valence-corrected chi connectivity index (χ0v) is 20.6. The molecule has 1 aromatic heterocycles. The number of benzene rings is 2. The van der Waals surface area contributed by atoms with Gasteiger partial charge in [0.15, 0.2) is 0 Å². The fourth-order valence-corrected chi connectivity index (χ4v) is 4.28. The Balaban J connectivity index is 1.73. The third-order valence-electron chi connectivity index (χ3n) is 6.19. The van der Waals surface area contributed by atoms with Gasteiger partial charge in [0.25, 0.3) is 5.91 Å². The molecule has 0 bridgehead atoms. The molecule has 4 rings (SSSR count). The minimum absolute atomic E-state index is 0.0778. The summed E-state index contributed by atoms with van der Waals surface area (Å²) in [4.78, 5) is 19.9. The Morgan fingerprint density at radius 3 is 2.51 bits per heavy atom. The molecule has 2 aromatic carbocycles. The summed E-state index contributed by atoms with van der Waals surface area (Å²) in [6.45, 7) is 7.30. The van der Waals surface area contributed by atoms with E-state index in [2.05, 4.69) is 15.2 Å². The number of nitrogens with one attached hydrogen (secondary N) is 1. The average molecular weight is 509 g/mol. The predicted molar refractivity (Wildman–Crippen MR) is 134 cm³/mol. The number of morpholine rings is 1. The molecule has 1 saturated heterocycles. The normalized spacial score (nSPS) is 15.1. The van der Waals surface area contributed by atoms with Crippen LogP contribution in [0.2, 0.25) is 0 Å². The van der Waals surface area contributed by atoms with E-state index >= 15 is 0 Å². The third kappa shape index (κ3) is 6.53. The lowest BCUT2D eigenvalue weighted by Gasteiger charge is -2.29. The molecule has 0 radical (unpaired) electrons. The molecule has 9 heteroatoms. The fraction of sp³-hybridized carbons (Fsp3) is 0.321. The number of carbonyl (C=O) groups excluding carboxylic acids is 1. The van der Waals surface area contributed by atoms with Crippen molar-refractivity contribution in [2.24, 2.45) is 0 Å². The Hall–Kier alpha value is -3.74. The molecular formula is C28H27F3N4O2. The maximum Gasteiger partial charge on any atom is 0.416 e. The molecular weight excluding hydrogens is 481 g/mol. The number of pyridine rings is 1. The minimum atomic E-state index is -4.58. The fourth-order valence-electron chi connectivity index (χ4n) is 4.28. The van der Waals surface area contributed by atoms with Gasteiger partial charge in [-0.05, 0) is 67.4 Å². The van der Waals surface area contributed by atoms with E-state index in [0.29, 0.717) is 36.6 Å². The largest absolute Gasteiger partial charge is 0.416 e. The highest BCUT2D eigenvalue weighted by molar-refractivity contribution is 5.97. The van der Waals surface area contributed by atoms with Crippen molar-refractivity contribution in [1.29, 1.82) is 5.26 Å². The Morgan fingerprint density at radius 1 is 1.14 bits per heavy atom. The van der Waals surface area contributed by atoms with E-state index in [4.69, 9.17) is 4.74 Å². The second-order valence-electron chi connectivity index (χ2n) is 9.18.